The Hall–Kier alpha value is -1.71. The van der Waals surface area contributed by atoms with E-state index in [1.54, 1.807) is 14.2 Å². The zero-order chi connectivity index (χ0) is 12.4. The molecule has 2 rings (SSSR count). The molecule has 0 spiro atoms. The number of nitrogens with two attached hydrogens (primary N) is 1. The highest BCUT2D eigenvalue weighted by Gasteiger charge is 2.29. The molecule has 0 aromatic heterocycles. The molecular weight excluding hydrogens is 218 g/mol. The largest absolute Gasteiger partial charge is 0.496 e. The molecule has 1 aliphatic rings. The normalized spacial score (nSPS) is 17.6. The van der Waals surface area contributed by atoms with E-state index in [2.05, 4.69) is 0 Å². The molecule has 1 aromatic rings. The fourth-order valence-corrected chi connectivity index (χ4v) is 2.61. The van der Waals surface area contributed by atoms with Crippen molar-refractivity contribution in [3.63, 3.8) is 0 Å². The molecular formula is C13H17NO3. The number of rotatable bonds is 4. The second kappa shape index (κ2) is 4.65. The number of hydrogen-bond donors (Lipinski definition) is 1. The van der Waals surface area contributed by atoms with Crippen molar-refractivity contribution in [1.29, 1.82) is 0 Å². The van der Waals surface area contributed by atoms with Gasteiger partial charge in [-0.25, -0.2) is 0 Å². The SMILES string of the molecule is COc1ccc(OC)c2c1CCC2CC(N)=O. The molecule has 1 unspecified atom stereocenters. The van der Waals surface area contributed by atoms with E-state index in [1.807, 2.05) is 12.1 Å². The average molecular weight is 235 g/mol. The Bertz CT molecular complexity index is 443. The summed E-state index contributed by atoms with van der Waals surface area (Å²) < 4.78 is 10.7. The molecule has 4 nitrogen and oxygen atoms in total. The number of primary amides is 1. The molecule has 4 heteroatoms. The van der Waals surface area contributed by atoms with E-state index in [4.69, 9.17) is 15.2 Å². The van der Waals surface area contributed by atoms with Gasteiger partial charge in [0, 0.05) is 17.5 Å². The van der Waals surface area contributed by atoms with Crippen LogP contribution in [0.2, 0.25) is 0 Å². The summed E-state index contributed by atoms with van der Waals surface area (Å²) in [5.41, 5.74) is 7.52. The highest BCUT2D eigenvalue weighted by Crippen LogP contribution is 2.45. The van der Waals surface area contributed by atoms with Gasteiger partial charge in [-0.05, 0) is 30.9 Å². The van der Waals surface area contributed by atoms with Crippen LogP contribution in [0, 0.1) is 0 Å². The molecule has 0 saturated heterocycles. The lowest BCUT2D eigenvalue weighted by Gasteiger charge is -2.15. The van der Waals surface area contributed by atoms with Gasteiger partial charge in [0.15, 0.2) is 0 Å². The van der Waals surface area contributed by atoms with E-state index in [0.29, 0.717) is 6.42 Å². The fourth-order valence-electron chi connectivity index (χ4n) is 2.61. The maximum Gasteiger partial charge on any atom is 0.218 e. The van der Waals surface area contributed by atoms with E-state index in [0.717, 1.165) is 35.5 Å². The molecule has 0 saturated carbocycles. The van der Waals surface area contributed by atoms with Gasteiger partial charge in [-0.3, -0.25) is 4.79 Å². The number of carbonyl (C=O) groups is 1. The third-order valence-electron chi connectivity index (χ3n) is 3.31. The van der Waals surface area contributed by atoms with Gasteiger partial charge in [0.05, 0.1) is 14.2 Å². The number of carbonyl (C=O) groups excluding carboxylic acids is 1. The molecule has 0 radical (unpaired) electrons. The average Bonchev–Trinajstić information content (AvgIpc) is 2.71. The van der Waals surface area contributed by atoms with Gasteiger partial charge in [-0.2, -0.15) is 0 Å². The molecule has 1 atom stereocenters. The van der Waals surface area contributed by atoms with Crippen molar-refractivity contribution < 1.29 is 14.3 Å². The second-order valence-corrected chi connectivity index (χ2v) is 4.27. The Morgan fingerprint density at radius 2 is 2.00 bits per heavy atom. The van der Waals surface area contributed by atoms with Crippen LogP contribution in [0.1, 0.15) is 29.9 Å². The first-order valence-corrected chi connectivity index (χ1v) is 5.69. The number of fused-ring (bicyclic) bond motifs is 1. The molecule has 1 aliphatic carbocycles. The molecule has 0 aliphatic heterocycles. The maximum absolute atomic E-state index is 11.1. The minimum absolute atomic E-state index is 0.160. The number of amides is 1. The van der Waals surface area contributed by atoms with Crippen molar-refractivity contribution in [2.45, 2.75) is 25.2 Å². The Kier molecular flexibility index (Phi) is 3.22. The van der Waals surface area contributed by atoms with Gasteiger partial charge >= 0.3 is 0 Å². The van der Waals surface area contributed by atoms with Crippen molar-refractivity contribution in [2.75, 3.05) is 14.2 Å². The first-order valence-electron chi connectivity index (χ1n) is 5.69. The quantitative estimate of drug-likeness (QED) is 0.862. The Balaban J connectivity index is 2.44. The Morgan fingerprint density at radius 3 is 2.59 bits per heavy atom. The Labute approximate surface area is 101 Å². The van der Waals surface area contributed by atoms with Crippen molar-refractivity contribution in [2.24, 2.45) is 5.73 Å². The molecule has 92 valence electrons. The highest BCUT2D eigenvalue weighted by molar-refractivity contribution is 5.75. The first kappa shape index (κ1) is 11.8. The Morgan fingerprint density at radius 1 is 1.35 bits per heavy atom. The lowest BCUT2D eigenvalue weighted by molar-refractivity contribution is -0.118. The van der Waals surface area contributed by atoms with Crippen LogP contribution in [-0.2, 0) is 11.2 Å². The van der Waals surface area contributed by atoms with Crippen molar-refractivity contribution in [3.05, 3.63) is 23.3 Å². The standard InChI is InChI=1S/C13H17NO3/c1-16-10-5-6-11(17-2)13-8(7-12(14)15)3-4-9(10)13/h5-6,8H,3-4,7H2,1-2H3,(H2,14,15). The number of benzene rings is 1. The molecule has 2 N–H and O–H groups in total. The monoisotopic (exact) mass is 235 g/mol. The molecule has 0 bridgehead atoms. The summed E-state index contributed by atoms with van der Waals surface area (Å²) in [6.45, 7) is 0. The van der Waals surface area contributed by atoms with Gasteiger partial charge < -0.3 is 15.2 Å². The molecule has 0 heterocycles. The summed E-state index contributed by atoms with van der Waals surface area (Å²) in [5.74, 6) is 1.58. The van der Waals surface area contributed by atoms with Crippen LogP contribution in [-0.4, -0.2) is 20.1 Å². The van der Waals surface area contributed by atoms with Crippen LogP contribution >= 0.6 is 0 Å². The minimum Gasteiger partial charge on any atom is -0.496 e. The summed E-state index contributed by atoms with van der Waals surface area (Å²) in [6, 6.07) is 3.79. The summed E-state index contributed by atoms with van der Waals surface area (Å²) >= 11 is 0. The zero-order valence-electron chi connectivity index (χ0n) is 10.2. The van der Waals surface area contributed by atoms with Gasteiger partial charge in [0.25, 0.3) is 0 Å². The predicted octanol–water partition coefficient (Wildman–Crippen LogP) is 1.61. The van der Waals surface area contributed by atoms with E-state index >= 15 is 0 Å². The molecule has 1 aromatic carbocycles. The van der Waals surface area contributed by atoms with E-state index in [-0.39, 0.29) is 11.8 Å². The molecule has 1 amide bonds. The second-order valence-electron chi connectivity index (χ2n) is 4.27. The van der Waals surface area contributed by atoms with Gasteiger partial charge in [-0.1, -0.05) is 0 Å². The lowest BCUT2D eigenvalue weighted by atomic mass is 9.96. The fraction of sp³-hybridized carbons (Fsp3) is 0.462. The van der Waals surface area contributed by atoms with Crippen molar-refractivity contribution >= 4 is 5.91 Å². The van der Waals surface area contributed by atoms with Crippen molar-refractivity contribution in [1.82, 2.24) is 0 Å². The van der Waals surface area contributed by atoms with E-state index in [1.165, 1.54) is 0 Å². The van der Waals surface area contributed by atoms with Crippen LogP contribution in [0.25, 0.3) is 0 Å². The minimum atomic E-state index is -0.271. The predicted molar refractivity (Wildman–Crippen MR) is 64.4 cm³/mol. The number of ether oxygens (including phenoxy) is 2. The van der Waals surface area contributed by atoms with Crippen LogP contribution in [0.4, 0.5) is 0 Å². The van der Waals surface area contributed by atoms with Crippen molar-refractivity contribution in [3.8, 4) is 11.5 Å². The highest BCUT2D eigenvalue weighted by atomic mass is 16.5. The lowest BCUT2D eigenvalue weighted by Crippen LogP contribution is -2.14. The van der Waals surface area contributed by atoms with Crippen LogP contribution in [0.5, 0.6) is 11.5 Å². The zero-order valence-corrected chi connectivity index (χ0v) is 10.2. The van der Waals surface area contributed by atoms with Crippen LogP contribution in [0.3, 0.4) is 0 Å². The topological polar surface area (TPSA) is 61.6 Å². The summed E-state index contributed by atoms with van der Waals surface area (Å²) in [4.78, 5) is 11.1. The smallest absolute Gasteiger partial charge is 0.218 e. The molecule has 0 fully saturated rings. The number of methoxy groups -OCH3 is 2. The third kappa shape index (κ3) is 2.07. The summed E-state index contributed by atoms with van der Waals surface area (Å²) in [5, 5.41) is 0. The van der Waals surface area contributed by atoms with Gasteiger partial charge in [0.1, 0.15) is 11.5 Å². The van der Waals surface area contributed by atoms with Crippen LogP contribution in [0.15, 0.2) is 12.1 Å². The summed E-state index contributed by atoms with van der Waals surface area (Å²) in [6.07, 6.45) is 2.21. The van der Waals surface area contributed by atoms with E-state index in [9.17, 15) is 4.79 Å². The van der Waals surface area contributed by atoms with Gasteiger partial charge in [0.2, 0.25) is 5.91 Å². The van der Waals surface area contributed by atoms with Gasteiger partial charge in [-0.15, -0.1) is 0 Å². The van der Waals surface area contributed by atoms with E-state index < -0.39 is 0 Å². The van der Waals surface area contributed by atoms with Crippen LogP contribution < -0.4 is 15.2 Å². The molecule has 17 heavy (non-hydrogen) atoms. The maximum atomic E-state index is 11.1. The third-order valence-corrected chi connectivity index (χ3v) is 3.31. The number of hydrogen-bond acceptors (Lipinski definition) is 3. The summed E-state index contributed by atoms with van der Waals surface area (Å²) in [7, 11) is 3.30. The first-order chi connectivity index (χ1) is 8.17.